The SMILES string of the molecule is C[C@@H]1CN(c2ccc(Nc3ncc(-c4cc(F)c(C(N)=O)c(F)c4)n4ccnc34)cc2)[C@@H](C)CN1C. The van der Waals surface area contributed by atoms with Crippen molar-refractivity contribution in [2.45, 2.75) is 25.9 Å². The van der Waals surface area contributed by atoms with E-state index in [0.717, 1.165) is 36.6 Å². The van der Waals surface area contributed by atoms with Crippen molar-refractivity contribution in [2.75, 3.05) is 30.4 Å². The lowest BCUT2D eigenvalue weighted by Crippen LogP contribution is -2.55. The number of piperazine rings is 1. The largest absolute Gasteiger partial charge is 0.366 e. The summed E-state index contributed by atoms with van der Waals surface area (Å²) in [6, 6.07) is 11.2. The Morgan fingerprint density at radius 3 is 2.42 bits per heavy atom. The predicted octanol–water partition coefficient (Wildman–Crippen LogP) is 4.05. The molecule has 10 heteroatoms. The third-order valence-corrected chi connectivity index (χ3v) is 6.77. The summed E-state index contributed by atoms with van der Waals surface area (Å²) in [5, 5.41) is 3.29. The lowest BCUT2D eigenvalue weighted by Gasteiger charge is -2.43. The number of fused-ring (bicyclic) bond motifs is 1. The summed E-state index contributed by atoms with van der Waals surface area (Å²) in [5.41, 5.74) is 7.41. The Balaban J connectivity index is 1.42. The number of hydrogen-bond acceptors (Lipinski definition) is 6. The van der Waals surface area contributed by atoms with Gasteiger partial charge in [-0.2, -0.15) is 0 Å². The van der Waals surface area contributed by atoms with E-state index in [0.29, 0.717) is 29.2 Å². The van der Waals surface area contributed by atoms with Crippen molar-refractivity contribution < 1.29 is 13.6 Å². The van der Waals surface area contributed by atoms with Crippen LogP contribution in [0.15, 0.2) is 55.0 Å². The number of anilines is 3. The maximum atomic E-state index is 14.4. The lowest BCUT2D eigenvalue weighted by atomic mass is 10.1. The van der Waals surface area contributed by atoms with Crippen molar-refractivity contribution in [3.63, 3.8) is 0 Å². The first-order chi connectivity index (χ1) is 17.2. The van der Waals surface area contributed by atoms with Gasteiger partial charge in [-0.25, -0.2) is 18.7 Å². The van der Waals surface area contributed by atoms with Crippen LogP contribution in [-0.2, 0) is 0 Å². The first-order valence-corrected chi connectivity index (χ1v) is 11.7. The molecule has 1 aliphatic heterocycles. The molecule has 36 heavy (non-hydrogen) atoms. The molecule has 0 spiro atoms. The predicted molar refractivity (Wildman–Crippen MR) is 135 cm³/mol. The number of halogens is 2. The normalized spacial score (nSPS) is 18.5. The summed E-state index contributed by atoms with van der Waals surface area (Å²) >= 11 is 0. The summed E-state index contributed by atoms with van der Waals surface area (Å²) in [7, 11) is 2.16. The van der Waals surface area contributed by atoms with Gasteiger partial charge in [0.25, 0.3) is 5.91 Å². The number of primary amides is 1. The molecule has 0 aliphatic carbocycles. The Hall–Kier alpha value is -4.05. The monoisotopic (exact) mass is 491 g/mol. The van der Waals surface area contributed by atoms with Crippen LogP contribution in [0.25, 0.3) is 16.9 Å². The molecule has 1 amide bonds. The number of hydrogen-bond donors (Lipinski definition) is 2. The molecule has 2 aromatic heterocycles. The molecular formula is C26H27F2N7O. The zero-order valence-corrected chi connectivity index (χ0v) is 20.2. The van der Waals surface area contributed by atoms with E-state index in [1.54, 1.807) is 16.8 Å². The van der Waals surface area contributed by atoms with Crippen LogP contribution in [0.3, 0.4) is 0 Å². The number of aromatic nitrogens is 3. The standard InChI is InChI=1S/C26H27F2N7O/c1-15-14-35(16(2)13-33(15)3)19-6-4-18(5-7-19)32-25-26-30-8-9-34(26)22(12-31-25)17-10-20(27)23(24(29)36)21(28)11-17/h4-12,15-16H,13-14H2,1-3H3,(H2,29,36)(H,31,32)/t15-,16+/m1/s1. The number of carbonyl (C=O) groups is 1. The summed E-state index contributed by atoms with van der Waals surface area (Å²) in [6.07, 6.45) is 4.75. The van der Waals surface area contributed by atoms with Crippen molar-refractivity contribution in [1.29, 1.82) is 0 Å². The lowest BCUT2D eigenvalue weighted by molar-refractivity contribution is 0.0992. The highest BCUT2D eigenvalue weighted by Gasteiger charge is 2.26. The van der Waals surface area contributed by atoms with E-state index in [1.165, 1.54) is 6.20 Å². The number of rotatable bonds is 5. The Morgan fingerprint density at radius 1 is 1.06 bits per heavy atom. The zero-order chi connectivity index (χ0) is 25.6. The number of amides is 1. The second kappa shape index (κ2) is 9.19. The van der Waals surface area contributed by atoms with Crippen LogP contribution in [0.1, 0.15) is 24.2 Å². The van der Waals surface area contributed by atoms with Crippen LogP contribution in [0.5, 0.6) is 0 Å². The summed E-state index contributed by atoms with van der Waals surface area (Å²) in [4.78, 5) is 25.0. The first-order valence-electron chi connectivity index (χ1n) is 11.7. The van der Waals surface area contributed by atoms with E-state index in [2.05, 4.69) is 58.1 Å². The summed E-state index contributed by atoms with van der Waals surface area (Å²) < 4.78 is 30.4. The molecule has 5 rings (SSSR count). The van der Waals surface area contributed by atoms with Gasteiger partial charge in [0, 0.05) is 54.5 Å². The summed E-state index contributed by atoms with van der Waals surface area (Å²) in [6.45, 7) is 6.43. The topological polar surface area (TPSA) is 91.8 Å². The third kappa shape index (κ3) is 4.24. The van der Waals surface area contributed by atoms with Gasteiger partial charge in [-0.1, -0.05) is 0 Å². The maximum absolute atomic E-state index is 14.4. The molecule has 1 fully saturated rings. The van der Waals surface area contributed by atoms with Gasteiger partial charge in [0.2, 0.25) is 0 Å². The minimum atomic E-state index is -1.16. The van der Waals surface area contributed by atoms with E-state index < -0.39 is 23.1 Å². The Labute approximate surface area is 207 Å². The average Bonchev–Trinajstić information content (AvgIpc) is 3.32. The molecule has 0 bridgehead atoms. The van der Waals surface area contributed by atoms with E-state index in [9.17, 15) is 13.6 Å². The number of nitrogens with one attached hydrogen (secondary N) is 1. The molecule has 0 unspecified atom stereocenters. The molecule has 8 nitrogen and oxygen atoms in total. The molecule has 3 N–H and O–H groups in total. The Bertz CT molecular complexity index is 1410. The molecule has 4 aromatic rings. The highest BCUT2D eigenvalue weighted by Crippen LogP contribution is 2.29. The van der Waals surface area contributed by atoms with E-state index in [-0.39, 0.29) is 5.56 Å². The average molecular weight is 492 g/mol. The number of benzene rings is 2. The van der Waals surface area contributed by atoms with Crippen molar-refractivity contribution in [3.05, 3.63) is 72.2 Å². The minimum Gasteiger partial charge on any atom is -0.366 e. The molecular weight excluding hydrogens is 464 g/mol. The van der Waals surface area contributed by atoms with Crippen molar-refractivity contribution in [2.24, 2.45) is 5.73 Å². The Morgan fingerprint density at radius 2 is 1.75 bits per heavy atom. The fraction of sp³-hybridized carbons (Fsp3) is 0.269. The van der Waals surface area contributed by atoms with Crippen LogP contribution in [-0.4, -0.2) is 57.4 Å². The number of nitrogens with two attached hydrogens (primary N) is 1. The second-order valence-electron chi connectivity index (χ2n) is 9.25. The van der Waals surface area contributed by atoms with Gasteiger partial charge >= 0.3 is 0 Å². The first kappa shape index (κ1) is 23.7. The third-order valence-electron chi connectivity index (χ3n) is 6.77. The molecule has 186 valence electrons. The van der Waals surface area contributed by atoms with E-state index in [1.807, 2.05) is 12.1 Å². The van der Waals surface area contributed by atoms with E-state index in [4.69, 9.17) is 5.73 Å². The number of imidazole rings is 1. The molecule has 2 aromatic carbocycles. The second-order valence-corrected chi connectivity index (χ2v) is 9.25. The van der Waals surface area contributed by atoms with Crippen LogP contribution >= 0.6 is 0 Å². The number of carbonyl (C=O) groups excluding carboxylic acids is 1. The highest BCUT2D eigenvalue weighted by atomic mass is 19.1. The molecule has 3 heterocycles. The Kier molecular flexibility index (Phi) is 6.05. The molecule has 1 aliphatic rings. The van der Waals surface area contributed by atoms with Gasteiger partial charge in [-0.05, 0) is 57.3 Å². The van der Waals surface area contributed by atoms with Gasteiger partial charge in [0.05, 0.1) is 11.9 Å². The van der Waals surface area contributed by atoms with Crippen LogP contribution in [0, 0.1) is 11.6 Å². The van der Waals surface area contributed by atoms with Gasteiger partial charge < -0.3 is 16.0 Å². The molecule has 0 saturated carbocycles. The summed E-state index contributed by atoms with van der Waals surface area (Å²) in [5.74, 6) is -2.73. The molecule has 0 radical (unpaired) electrons. The molecule has 2 atom stereocenters. The smallest absolute Gasteiger partial charge is 0.254 e. The van der Waals surface area contributed by atoms with Gasteiger partial charge in [-0.3, -0.25) is 14.1 Å². The molecule has 1 saturated heterocycles. The fourth-order valence-electron chi connectivity index (χ4n) is 4.71. The van der Waals surface area contributed by atoms with Crippen LogP contribution < -0.4 is 16.0 Å². The van der Waals surface area contributed by atoms with Gasteiger partial charge in [-0.15, -0.1) is 0 Å². The minimum absolute atomic E-state index is 0.205. The van der Waals surface area contributed by atoms with Crippen LogP contribution in [0.4, 0.5) is 26.0 Å². The number of likely N-dealkylation sites (N-methyl/N-ethyl adjacent to an activating group) is 1. The maximum Gasteiger partial charge on any atom is 0.254 e. The van der Waals surface area contributed by atoms with Gasteiger partial charge in [0.15, 0.2) is 11.5 Å². The zero-order valence-electron chi connectivity index (χ0n) is 20.2. The quantitative estimate of drug-likeness (QED) is 0.438. The van der Waals surface area contributed by atoms with Crippen molar-refractivity contribution in [3.8, 4) is 11.3 Å². The number of nitrogens with zero attached hydrogens (tertiary/aromatic N) is 5. The van der Waals surface area contributed by atoms with Crippen molar-refractivity contribution in [1.82, 2.24) is 19.3 Å². The van der Waals surface area contributed by atoms with Crippen LogP contribution in [0.2, 0.25) is 0 Å². The van der Waals surface area contributed by atoms with Gasteiger partial charge in [0.1, 0.15) is 17.2 Å². The fourth-order valence-corrected chi connectivity index (χ4v) is 4.71. The van der Waals surface area contributed by atoms with Crippen molar-refractivity contribution >= 4 is 28.7 Å². The highest BCUT2D eigenvalue weighted by molar-refractivity contribution is 5.94. The van der Waals surface area contributed by atoms with E-state index >= 15 is 0 Å².